The SMILES string of the molecule is N#Cc1ccnc(N2C(=O)CC[C@H]2C(=O)N(c2cccc(CCOC3CCCC3)c2)[C@H](C(=O)NC2CC(F)(F)C2)c2ccccc2Cl)c1. The van der Waals surface area contributed by atoms with Gasteiger partial charge in [0.1, 0.15) is 17.9 Å². The first-order valence-electron chi connectivity index (χ1n) is 16.3. The summed E-state index contributed by atoms with van der Waals surface area (Å²) in [6.45, 7) is 0.484. The summed E-state index contributed by atoms with van der Waals surface area (Å²) < 4.78 is 33.7. The first kappa shape index (κ1) is 33.5. The summed E-state index contributed by atoms with van der Waals surface area (Å²) in [5.41, 5.74) is 1.80. The second-order valence-corrected chi connectivity index (χ2v) is 13.0. The number of halogens is 3. The number of nitrogens with zero attached hydrogens (tertiary/aromatic N) is 4. The number of hydrogen-bond donors (Lipinski definition) is 1. The van der Waals surface area contributed by atoms with Gasteiger partial charge in [-0.05, 0) is 61.6 Å². The highest BCUT2D eigenvalue weighted by Crippen LogP contribution is 2.40. The Bertz CT molecular complexity index is 1720. The van der Waals surface area contributed by atoms with Crippen LogP contribution in [0.3, 0.4) is 0 Å². The van der Waals surface area contributed by atoms with Gasteiger partial charge in [0.05, 0.1) is 24.3 Å². The molecule has 0 radical (unpaired) electrons. The number of anilines is 2. The average Bonchev–Trinajstić information content (AvgIpc) is 3.73. The zero-order valence-corrected chi connectivity index (χ0v) is 27.0. The molecule has 1 saturated heterocycles. The Kier molecular flexibility index (Phi) is 10.0. The van der Waals surface area contributed by atoms with Crippen LogP contribution in [-0.2, 0) is 25.5 Å². The molecule has 3 amide bonds. The van der Waals surface area contributed by atoms with Crippen molar-refractivity contribution in [2.75, 3.05) is 16.4 Å². The van der Waals surface area contributed by atoms with Gasteiger partial charge < -0.3 is 10.1 Å². The number of rotatable bonds is 11. The number of hydrogen-bond acceptors (Lipinski definition) is 6. The summed E-state index contributed by atoms with van der Waals surface area (Å²) in [4.78, 5) is 49.2. The molecule has 3 fully saturated rings. The van der Waals surface area contributed by atoms with Crippen LogP contribution < -0.4 is 15.1 Å². The number of benzene rings is 2. The van der Waals surface area contributed by atoms with E-state index in [4.69, 9.17) is 16.3 Å². The fraction of sp³-hybridized carbons (Fsp3) is 0.417. The summed E-state index contributed by atoms with van der Waals surface area (Å²) in [5.74, 6) is -4.35. The van der Waals surface area contributed by atoms with E-state index in [0.717, 1.165) is 31.2 Å². The van der Waals surface area contributed by atoms with E-state index in [9.17, 15) is 28.4 Å². The van der Waals surface area contributed by atoms with Gasteiger partial charge in [-0.2, -0.15) is 5.26 Å². The Labute approximate surface area is 282 Å². The third kappa shape index (κ3) is 7.35. The van der Waals surface area contributed by atoms with Crippen LogP contribution in [0.4, 0.5) is 20.3 Å². The molecule has 250 valence electrons. The van der Waals surface area contributed by atoms with Crippen LogP contribution in [0.15, 0.2) is 66.9 Å². The Balaban J connectivity index is 1.40. The van der Waals surface area contributed by atoms with Crippen LogP contribution in [0, 0.1) is 11.3 Å². The van der Waals surface area contributed by atoms with E-state index < -0.39 is 48.7 Å². The van der Waals surface area contributed by atoms with E-state index in [1.807, 2.05) is 12.1 Å². The molecule has 1 aliphatic heterocycles. The summed E-state index contributed by atoms with van der Waals surface area (Å²) in [6, 6.07) is 15.5. The number of pyridine rings is 1. The number of nitriles is 1. The molecule has 0 spiro atoms. The number of aromatic nitrogens is 1. The fourth-order valence-electron chi connectivity index (χ4n) is 6.79. The van der Waals surface area contributed by atoms with Gasteiger partial charge in [-0.15, -0.1) is 0 Å². The molecule has 48 heavy (non-hydrogen) atoms. The van der Waals surface area contributed by atoms with Crippen LogP contribution in [-0.4, -0.2) is 53.4 Å². The third-order valence-electron chi connectivity index (χ3n) is 9.23. The highest BCUT2D eigenvalue weighted by Gasteiger charge is 2.48. The monoisotopic (exact) mass is 675 g/mol. The molecule has 2 aliphatic carbocycles. The van der Waals surface area contributed by atoms with Gasteiger partial charge in [0.2, 0.25) is 11.8 Å². The predicted molar refractivity (Wildman–Crippen MR) is 176 cm³/mol. The van der Waals surface area contributed by atoms with Crippen LogP contribution in [0.1, 0.15) is 74.1 Å². The van der Waals surface area contributed by atoms with Gasteiger partial charge in [-0.3, -0.25) is 24.2 Å². The molecule has 0 unspecified atom stereocenters. The number of carbonyl (C=O) groups excluding carboxylic acids is 3. The molecule has 0 bridgehead atoms. The molecular formula is C36H36ClF2N5O4. The van der Waals surface area contributed by atoms with Crippen molar-refractivity contribution < 1.29 is 27.9 Å². The molecular weight excluding hydrogens is 640 g/mol. The molecule has 2 atom stereocenters. The predicted octanol–water partition coefficient (Wildman–Crippen LogP) is 6.29. The van der Waals surface area contributed by atoms with Crippen LogP contribution in [0.2, 0.25) is 5.02 Å². The van der Waals surface area contributed by atoms with E-state index in [-0.39, 0.29) is 41.3 Å². The number of ether oxygens (including phenoxy) is 1. The van der Waals surface area contributed by atoms with Gasteiger partial charge >= 0.3 is 0 Å². The third-order valence-corrected chi connectivity index (χ3v) is 9.58. The summed E-state index contributed by atoms with van der Waals surface area (Å²) in [6.07, 6.45) is 5.71. The summed E-state index contributed by atoms with van der Waals surface area (Å²) in [5, 5.41) is 12.4. The van der Waals surface area contributed by atoms with Crippen molar-refractivity contribution >= 4 is 40.8 Å². The van der Waals surface area contributed by atoms with E-state index >= 15 is 0 Å². The molecule has 2 heterocycles. The van der Waals surface area contributed by atoms with Crippen molar-refractivity contribution in [3.8, 4) is 6.07 Å². The van der Waals surface area contributed by atoms with Crippen LogP contribution >= 0.6 is 11.6 Å². The highest BCUT2D eigenvalue weighted by atomic mass is 35.5. The second kappa shape index (κ2) is 14.4. The fourth-order valence-corrected chi connectivity index (χ4v) is 7.03. The van der Waals surface area contributed by atoms with Crippen LogP contribution in [0.5, 0.6) is 0 Å². The molecule has 1 N–H and O–H groups in total. The van der Waals surface area contributed by atoms with E-state index in [1.165, 1.54) is 28.1 Å². The minimum Gasteiger partial charge on any atom is -0.378 e. The topological polar surface area (TPSA) is 116 Å². The number of alkyl halides is 2. The van der Waals surface area contributed by atoms with Gasteiger partial charge in [0, 0.05) is 47.8 Å². The maximum atomic E-state index is 14.9. The van der Waals surface area contributed by atoms with Crippen molar-refractivity contribution in [1.29, 1.82) is 5.26 Å². The summed E-state index contributed by atoms with van der Waals surface area (Å²) >= 11 is 6.67. The van der Waals surface area contributed by atoms with Gasteiger partial charge in [-0.25, -0.2) is 13.8 Å². The number of carbonyl (C=O) groups is 3. The lowest BCUT2D eigenvalue weighted by atomic mass is 9.87. The zero-order valence-electron chi connectivity index (χ0n) is 26.3. The quantitative estimate of drug-likeness (QED) is 0.255. The molecule has 6 rings (SSSR count). The Morgan fingerprint density at radius 2 is 1.88 bits per heavy atom. The van der Waals surface area contributed by atoms with Crippen molar-refractivity contribution in [3.63, 3.8) is 0 Å². The van der Waals surface area contributed by atoms with Gasteiger partial charge in [-0.1, -0.05) is 54.8 Å². The summed E-state index contributed by atoms with van der Waals surface area (Å²) in [7, 11) is 0. The number of amides is 3. The van der Waals surface area contributed by atoms with E-state index in [0.29, 0.717) is 24.3 Å². The maximum Gasteiger partial charge on any atom is 0.252 e. The average molecular weight is 676 g/mol. The van der Waals surface area contributed by atoms with E-state index in [2.05, 4.69) is 10.3 Å². The first-order valence-corrected chi connectivity index (χ1v) is 16.7. The Hall–Kier alpha value is -4.40. The van der Waals surface area contributed by atoms with Gasteiger partial charge in [0.15, 0.2) is 0 Å². The van der Waals surface area contributed by atoms with Crippen molar-refractivity contribution in [2.45, 2.75) is 87.9 Å². The van der Waals surface area contributed by atoms with Gasteiger partial charge in [0.25, 0.3) is 11.8 Å². The van der Waals surface area contributed by atoms with Crippen molar-refractivity contribution in [1.82, 2.24) is 10.3 Å². The number of nitrogens with one attached hydrogen (secondary N) is 1. The smallest absolute Gasteiger partial charge is 0.252 e. The van der Waals surface area contributed by atoms with Crippen molar-refractivity contribution in [2.24, 2.45) is 0 Å². The highest BCUT2D eigenvalue weighted by molar-refractivity contribution is 6.31. The molecule has 3 aliphatic rings. The zero-order chi connectivity index (χ0) is 33.8. The lowest BCUT2D eigenvalue weighted by molar-refractivity contribution is -0.133. The lowest BCUT2D eigenvalue weighted by Crippen LogP contribution is -2.56. The van der Waals surface area contributed by atoms with E-state index in [1.54, 1.807) is 42.5 Å². The lowest BCUT2D eigenvalue weighted by Gasteiger charge is -2.39. The van der Waals surface area contributed by atoms with Crippen LogP contribution in [0.25, 0.3) is 0 Å². The second-order valence-electron chi connectivity index (χ2n) is 12.6. The Morgan fingerprint density at radius 3 is 2.60 bits per heavy atom. The molecule has 9 nitrogen and oxygen atoms in total. The largest absolute Gasteiger partial charge is 0.378 e. The van der Waals surface area contributed by atoms with Crippen molar-refractivity contribution in [3.05, 3.63) is 88.6 Å². The standard InChI is InChI=1S/C36H36ClF2N5O4/c37-29-11-4-3-10-28(29)33(34(46)42-25-20-36(38,39)21-25)43(26-7-5-6-23(18-26)15-17-48-27-8-1-2-9-27)35(47)30-12-13-32(45)44(30)31-19-24(22-40)14-16-41-31/h3-7,10-11,14,16,18-19,25,27,30,33H,1-2,8-9,12-13,15,17,20-21H2,(H,42,46)/t30-,33-/m0/s1. The molecule has 1 aromatic heterocycles. The molecule has 12 heteroatoms. The molecule has 2 aromatic carbocycles. The minimum absolute atomic E-state index is 0.0430. The first-order chi connectivity index (χ1) is 23.1. The molecule has 2 saturated carbocycles. The molecule has 3 aromatic rings. The normalized spacial score (nSPS) is 19.8. The maximum absolute atomic E-state index is 14.9. The Morgan fingerprint density at radius 1 is 1.10 bits per heavy atom. The minimum atomic E-state index is -2.88.